The summed E-state index contributed by atoms with van der Waals surface area (Å²) in [6, 6.07) is 8.69. The van der Waals surface area contributed by atoms with Gasteiger partial charge in [0.05, 0.1) is 0 Å². The molecule has 0 atom stereocenters. The highest BCUT2D eigenvalue weighted by molar-refractivity contribution is 5.36. The first-order chi connectivity index (χ1) is 9.22. The molecular weight excluding hydrogens is 234 g/mol. The molecule has 19 heavy (non-hydrogen) atoms. The second-order valence-corrected chi connectivity index (χ2v) is 5.15. The summed E-state index contributed by atoms with van der Waals surface area (Å²) in [6.45, 7) is 8.53. The second kappa shape index (κ2) is 6.53. The van der Waals surface area contributed by atoms with Crippen molar-refractivity contribution in [1.82, 2.24) is 14.9 Å². The van der Waals surface area contributed by atoms with Crippen LogP contribution in [0.1, 0.15) is 44.5 Å². The minimum absolute atomic E-state index is 0.431. The molecule has 0 saturated carbocycles. The van der Waals surface area contributed by atoms with Crippen molar-refractivity contribution in [3.05, 3.63) is 48.0 Å². The molecule has 1 heterocycles. The lowest BCUT2D eigenvalue weighted by molar-refractivity contribution is 0.675. The summed E-state index contributed by atoms with van der Waals surface area (Å²) in [4.78, 5) is 4.43. The van der Waals surface area contributed by atoms with Gasteiger partial charge >= 0.3 is 0 Å². The zero-order chi connectivity index (χ0) is 13.7. The molecule has 102 valence electrons. The largest absolute Gasteiger partial charge is 0.313 e. The van der Waals surface area contributed by atoms with Crippen LogP contribution in [0, 0.1) is 0 Å². The maximum absolute atomic E-state index is 4.43. The Hall–Kier alpha value is -1.61. The van der Waals surface area contributed by atoms with Gasteiger partial charge in [-0.25, -0.2) is 4.98 Å². The van der Waals surface area contributed by atoms with E-state index in [1.165, 1.54) is 17.7 Å². The van der Waals surface area contributed by atoms with E-state index in [0.29, 0.717) is 5.92 Å². The molecule has 0 aliphatic carbocycles. The summed E-state index contributed by atoms with van der Waals surface area (Å²) < 4.78 is 2.16. The average molecular weight is 257 g/mol. The molecule has 3 nitrogen and oxygen atoms in total. The van der Waals surface area contributed by atoms with E-state index in [4.69, 9.17) is 0 Å². The number of nitrogens with one attached hydrogen (secondary N) is 1. The van der Waals surface area contributed by atoms with Gasteiger partial charge in [0.25, 0.3) is 0 Å². The molecule has 2 aromatic rings. The molecule has 0 spiro atoms. The van der Waals surface area contributed by atoms with Gasteiger partial charge in [0.2, 0.25) is 0 Å². The molecule has 0 fully saturated rings. The van der Waals surface area contributed by atoms with E-state index >= 15 is 0 Å². The molecule has 0 saturated heterocycles. The number of rotatable bonds is 6. The summed E-state index contributed by atoms with van der Waals surface area (Å²) in [5.74, 6) is 1.54. The molecule has 2 rings (SSSR count). The van der Waals surface area contributed by atoms with Crippen LogP contribution < -0.4 is 5.32 Å². The van der Waals surface area contributed by atoms with Crippen molar-refractivity contribution in [2.45, 2.75) is 39.7 Å². The molecule has 3 heteroatoms. The number of hydrogen-bond acceptors (Lipinski definition) is 2. The average Bonchev–Trinajstić information content (AvgIpc) is 2.89. The van der Waals surface area contributed by atoms with Gasteiger partial charge in [-0.2, -0.15) is 0 Å². The lowest BCUT2D eigenvalue weighted by atomic mass is 10.1. The van der Waals surface area contributed by atoms with Crippen molar-refractivity contribution in [3.63, 3.8) is 0 Å². The van der Waals surface area contributed by atoms with Crippen LogP contribution in [0.3, 0.4) is 0 Å². The van der Waals surface area contributed by atoms with Crippen LogP contribution in [0.2, 0.25) is 0 Å². The van der Waals surface area contributed by atoms with E-state index in [2.05, 4.69) is 59.9 Å². The molecule has 1 aromatic heterocycles. The highest BCUT2D eigenvalue weighted by Crippen LogP contribution is 2.18. The molecular formula is C16H23N3. The molecule has 0 unspecified atom stereocenters. The second-order valence-electron chi connectivity index (χ2n) is 5.15. The summed E-state index contributed by atoms with van der Waals surface area (Å²) in [5, 5.41) is 3.42. The van der Waals surface area contributed by atoms with Crippen LogP contribution in [0.25, 0.3) is 5.69 Å². The van der Waals surface area contributed by atoms with Gasteiger partial charge in [0.15, 0.2) is 0 Å². The van der Waals surface area contributed by atoms with Crippen molar-refractivity contribution in [3.8, 4) is 5.69 Å². The van der Waals surface area contributed by atoms with Crippen LogP contribution >= 0.6 is 0 Å². The third-order valence-corrected chi connectivity index (χ3v) is 3.16. The zero-order valence-corrected chi connectivity index (χ0v) is 12.1. The Labute approximate surface area is 115 Å². The Balaban J connectivity index is 2.11. The Morgan fingerprint density at radius 1 is 1.21 bits per heavy atom. The maximum atomic E-state index is 4.43. The van der Waals surface area contributed by atoms with Crippen molar-refractivity contribution in [1.29, 1.82) is 0 Å². The van der Waals surface area contributed by atoms with Crippen LogP contribution in [-0.2, 0) is 6.54 Å². The maximum Gasteiger partial charge on any atom is 0.115 e. The van der Waals surface area contributed by atoms with Crippen molar-refractivity contribution < 1.29 is 0 Å². The first-order valence-electron chi connectivity index (χ1n) is 7.05. The summed E-state index contributed by atoms with van der Waals surface area (Å²) >= 11 is 0. The monoisotopic (exact) mass is 257 g/mol. The Morgan fingerprint density at radius 2 is 1.95 bits per heavy atom. The standard InChI is InChI=1S/C16H23N3/c1-4-9-17-12-14-5-7-15(8-6-14)19-11-10-18-16(19)13(2)3/h5-8,10-11,13,17H,4,9,12H2,1-3H3. The van der Waals surface area contributed by atoms with Crippen LogP contribution in [0.15, 0.2) is 36.7 Å². The Kier molecular flexibility index (Phi) is 4.74. The van der Waals surface area contributed by atoms with Gasteiger partial charge < -0.3 is 9.88 Å². The smallest absolute Gasteiger partial charge is 0.115 e. The van der Waals surface area contributed by atoms with E-state index < -0.39 is 0 Å². The highest BCUT2D eigenvalue weighted by atomic mass is 15.1. The predicted molar refractivity (Wildman–Crippen MR) is 79.7 cm³/mol. The van der Waals surface area contributed by atoms with E-state index in [9.17, 15) is 0 Å². The van der Waals surface area contributed by atoms with Crippen LogP contribution in [-0.4, -0.2) is 16.1 Å². The summed E-state index contributed by atoms with van der Waals surface area (Å²) in [6.07, 6.45) is 5.07. The lowest BCUT2D eigenvalue weighted by Crippen LogP contribution is -2.13. The molecule has 0 bridgehead atoms. The van der Waals surface area contributed by atoms with Gasteiger partial charge in [-0.1, -0.05) is 32.9 Å². The SMILES string of the molecule is CCCNCc1ccc(-n2ccnc2C(C)C)cc1. The number of nitrogens with zero attached hydrogens (tertiary/aromatic N) is 2. The quantitative estimate of drug-likeness (QED) is 0.803. The van der Waals surface area contributed by atoms with Crippen molar-refractivity contribution in [2.75, 3.05) is 6.54 Å². The minimum Gasteiger partial charge on any atom is -0.313 e. The fourth-order valence-corrected chi connectivity index (χ4v) is 2.14. The Bertz CT molecular complexity index is 497. The molecule has 0 radical (unpaired) electrons. The molecule has 0 amide bonds. The molecule has 0 aliphatic rings. The first-order valence-corrected chi connectivity index (χ1v) is 7.05. The number of benzene rings is 1. The zero-order valence-electron chi connectivity index (χ0n) is 12.1. The van der Waals surface area contributed by atoms with E-state index in [1.54, 1.807) is 0 Å². The first kappa shape index (κ1) is 13.8. The third kappa shape index (κ3) is 3.44. The molecule has 1 N–H and O–H groups in total. The van der Waals surface area contributed by atoms with Crippen molar-refractivity contribution >= 4 is 0 Å². The van der Waals surface area contributed by atoms with Gasteiger partial charge in [-0.15, -0.1) is 0 Å². The topological polar surface area (TPSA) is 29.9 Å². The normalized spacial score (nSPS) is 11.2. The summed E-state index contributed by atoms with van der Waals surface area (Å²) in [5.41, 5.74) is 2.50. The van der Waals surface area contributed by atoms with Crippen LogP contribution in [0.4, 0.5) is 0 Å². The van der Waals surface area contributed by atoms with Gasteiger partial charge in [0.1, 0.15) is 5.82 Å². The number of aromatic nitrogens is 2. The van der Waals surface area contributed by atoms with Gasteiger partial charge in [-0.05, 0) is 30.7 Å². The van der Waals surface area contributed by atoms with Gasteiger partial charge in [-0.3, -0.25) is 0 Å². The molecule has 1 aromatic carbocycles. The van der Waals surface area contributed by atoms with E-state index in [0.717, 1.165) is 18.9 Å². The van der Waals surface area contributed by atoms with Gasteiger partial charge in [0, 0.05) is 30.5 Å². The number of hydrogen-bond donors (Lipinski definition) is 1. The third-order valence-electron chi connectivity index (χ3n) is 3.16. The minimum atomic E-state index is 0.431. The number of imidazole rings is 1. The fraction of sp³-hybridized carbons (Fsp3) is 0.438. The lowest BCUT2D eigenvalue weighted by Gasteiger charge is -2.11. The summed E-state index contributed by atoms with van der Waals surface area (Å²) in [7, 11) is 0. The highest BCUT2D eigenvalue weighted by Gasteiger charge is 2.08. The van der Waals surface area contributed by atoms with Crippen LogP contribution in [0.5, 0.6) is 0 Å². The van der Waals surface area contributed by atoms with Crippen molar-refractivity contribution in [2.24, 2.45) is 0 Å². The fourth-order valence-electron chi connectivity index (χ4n) is 2.14. The van der Waals surface area contributed by atoms with E-state index in [1.807, 2.05) is 12.4 Å². The predicted octanol–water partition coefficient (Wildman–Crippen LogP) is 3.50. The molecule has 0 aliphatic heterocycles. The Morgan fingerprint density at radius 3 is 2.58 bits per heavy atom. The van der Waals surface area contributed by atoms with E-state index in [-0.39, 0.29) is 0 Å².